The van der Waals surface area contributed by atoms with Crippen LogP contribution < -0.4 is 0 Å². The average molecular weight is 346 g/mol. The van der Waals surface area contributed by atoms with Crippen molar-refractivity contribution in [2.24, 2.45) is 0 Å². The van der Waals surface area contributed by atoms with Crippen LogP contribution in [-0.4, -0.2) is 40.0 Å². The molecule has 2 heterocycles. The van der Waals surface area contributed by atoms with E-state index < -0.39 is 0 Å². The number of hydrogen-bond donors (Lipinski definition) is 0. The number of hydrogen-bond acceptors (Lipinski definition) is 3. The third kappa shape index (κ3) is 2.99. The van der Waals surface area contributed by atoms with Gasteiger partial charge in [-0.3, -0.25) is 4.90 Å². The fraction of sp³-hybridized carbons (Fsp3) is 0.526. The number of aromatic nitrogens is 2. The summed E-state index contributed by atoms with van der Waals surface area (Å²) in [4.78, 5) is 2.55. The largest absolute Gasteiger partial charge is 0.375 e. The molecule has 2 aromatic rings. The molecule has 0 spiro atoms. The molecule has 1 saturated carbocycles. The highest BCUT2D eigenvalue weighted by atomic mass is 35.5. The standard InChI is InChI=1S/C19H24ClN3O/c1-14-16(19(20)23(21-14)15-7-3-2-4-8-15)13-22-11-12-24-18-10-6-5-9-17(18)22/h2-4,7-8,17-18H,5-6,9-13H2,1H3/t17-,18+/m0/s1. The van der Waals surface area contributed by atoms with Crippen LogP contribution in [-0.2, 0) is 11.3 Å². The van der Waals surface area contributed by atoms with Crippen LogP contribution in [0.3, 0.4) is 0 Å². The van der Waals surface area contributed by atoms with E-state index in [0.29, 0.717) is 12.1 Å². The van der Waals surface area contributed by atoms with Gasteiger partial charge in [-0.05, 0) is 31.9 Å². The van der Waals surface area contributed by atoms with Crippen molar-refractivity contribution in [2.75, 3.05) is 13.2 Å². The lowest BCUT2D eigenvalue weighted by molar-refractivity contribution is -0.0911. The summed E-state index contributed by atoms with van der Waals surface area (Å²) in [6.45, 7) is 4.72. The van der Waals surface area contributed by atoms with Gasteiger partial charge in [-0.25, -0.2) is 4.68 Å². The minimum Gasteiger partial charge on any atom is -0.375 e. The molecule has 0 amide bonds. The van der Waals surface area contributed by atoms with Gasteiger partial charge in [-0.1, -0.05) is 42.6 Å². The molecule has 0 N–H and O–H groups in total. The number of ether oxygens (including phenoxy) is 1. The van der Waals surface area contributed by atoms with Gasteiger partial charge in [0, 0.05) is 24.7 Å². The summed E-state index contributed by atoms with van der Waals surface area (Å²) in [6, 6.07) is 10.6. The van der Waals surface area contributed by atoms with Crippen molar-refractivity contribution in [3.63, 3.8) is 0 Å². The second kappa shape index (κ2) is 6.87. The molecule has 0 radical (unpaired) electrons. The SMILES string of the molecule is Cc1nn(-c2ccccc2)c(Cl)c1CN1CCO[C@@H]2CCCC[C@@H]21. The van der Waals surface area contributed by atoms with Gasteiger partial charge < -0.3 is 4.74 Å². The van der Waals surface area contributed by atoms with Crippen molar-refractivity contribution in [1.82, 2.24) is 14.7 Å². The van der Waals surface area contributed by atoms with Gasteiger partial charge in [0.2, 0.25) is 0 Å². The number of aryl methyl sites for hydroxylation is 1. The molecule has 24 heavy (non-hydrogen) atoms. The van der Waals surface area contributed by atoms with Gasteiger partial charge in [-0.15, -0.1) is 0 Å². The molecule has 2 fully saturated rings. The van der Waals surface area contributed by atoms with Crippen molar-refractivity contribution >= 4 is 11.6 Å². The molecule has 5 heteroatoms. The summed E-state index contributed by atoms with van der Waals surface area (Å²) < 4.78 is 7.84. The lowest BCUT2D eigenvalue weighted by Crippen LogP contribution is -2.52. The van der Waals surface area contributed by atoms with Gasteiger partial charge in [0.05, 0.1) is 24.1 Å². The fourth-order valence-corrected chi connectivity index (χ4v) is 4.36. The van der Waals surface area contributed by atoms with Crippen molar-refractivity contribution < 1.29 is 4.74 Å². The maximum atomic E-state index is 6.70. The van der Waals surface area contributed by atoms with E-state index in [1.165, 1.54) is 25.7 Å². The van der Waals surface area contributed by atoms with Crippen LogP contribution in [0.4, 0.5) is 0 Å². The molecule has 128 valence electrons. The highest BCUT2D eigenvalue weighted by Gasteiger charge is 2.34. The predicted molar refractivity (Wildman–Crippen MR) is 95.7 cm³/mol. The first-order chi connectivity index (χ1) is 11.7. The lowest BCUT2D eigenvalue weighted by Gasteiger charge is -2.43. The summed E-state index contributed by atoms with van der Waals surface area (Å²) >= 11 is 6.70. The average Bonchev–Trinajstić information content (AvgIpc) is 2.91. The smallest absolute Gasteiger partial charge is 0.137 e. The van der Waals surface area contributed by atoms with E-state index in [9.17, 15) is 0 Å². The number of morpholine rings is 1. The monoisotopic (exact) mass is 345 g/mol. The second-order valence-corrected chi connectivity index (χ2v) is 7.19. The Morgan fingerprint density at radius 1 is 1.21 bits per heavy atom. The number of para-hydroxylation sites is 1. The van der Waals surface area contributed by atoms with E-state index in [0.717, 1.165) is 41.8 Å². The van der Waals surface area contributed by atoms with Crippen LogP contribution in [0.2, 0.25) is 5.15 Å². The Bertz CT molecular complexity index is 698. The minimum absolute atomic E-state index is 0.399. The maximum absolute atomic E-state index is 6.70. The third-order valence-corrected chi connectivity index (χ3v) is 5.72. The van der Waals surface area contributed by atoms with Crippen molar-refractivity contribution in [3.8, 4) is 5.69 Å². The number of nitrogens with zero attached hydrogens (tertiary/aromatic N) is 3. The molecule has 1 aromatic heterocycles. The van der Waals surface area contributed by atoms with E-state index in [2.05, 4.69) is 16.9 Å². The van der Waals surface area contributed by atoms with Crippen LogP contribution in [0.1, 0.15) is 36.9 Å². The minimum atomic E-state index is 0.399. The highest BCUT2D eigenvalue weighted by molar-refractivity contribution is 6.30. The number of rotatable bonds is 3. The fourth-order valence-electron chi connectivity index (χ4n) is 4.03. The number of benzene rings is 1. The topological polar surface area (TPSA) is 30.3 Å². The molecular weight excluding hydrogens is 322 g/mol. The quantitative estimate of drug-likeness (QED) is 0.843. The molecule has 4 rings (SSSR count). The first kappa shape index (κ1) is 16.1. The van der Waals surface area contributed by atoms with Crippen LogP contribution >= 0.6 is 11.6 Å². The molecular formula is C19H24ClN3O. The van der Waals surface area contributed by atoms with E-state index in [4.69, 9.17) is 16.3 Å². The maximum Gasteiger partial charge on any atom is 0.137 e. The normalized spacial score (nSPS) is 24.8. The molecule has 0 unspecified atom stereocenters. The predicted octanol–water partition coefficient (Wildman–Crippen LogP) is 3.98. The number of halogens is 1. The van der Waals surface area contributed by atoms with Crippen LogP contribution in [0.5, 0.6) is 0 Å². The summed E-state index contributed by atoms with van der Waals surface area (Å²) in [5, 5.41) is 5.41. The zero-order chi connectivity index (χ0) is 16.5. The highest BCUT2D eigenvalue weighted by Crippen LogP contribution is 2.32. The molecule has 1 aliphatic carbocycles. The van der Waals surface area contributed by atoms with Gasteiger partial charge in [0.25, 0.3) is 0 Å². The van der Waals surface area contributed by atoms with Crippen molar-refractivity contribution in [3.05, 3.63) is 46.7 Å². The van der Waals surface area contributed by atoms with Crippen molar-refractivity contribution in [1.29, 1.82) is 0 Å². The Labute approximate surface area is 148 Å². The van der Waals surface area contributed by atoms with E-state index in [-0.39, 0.29) is 0 Å². The molecule has 1 saturated heterocycles. The zero-order valence-corrected chi connectivity index (χ0v) is 14.9. The molecule has 1 aromatic carbocycles. The summed E-state index contributed by atoms with van der Waals surface area (Å²) in [7, 11) is 0. The van der Waals surface area contributed by atoms with Gasteiger partial charge in [0.1, 0.15) is 5.15 Å². The summed E-state index contributed by atoms with van der Waals surface area (Å²) in [5.41, 5.74) is 3.17. The Morgan fingerprint density at radius 3 is 2.83 bits per heavy atom. The molecule has 2 atom stereocenters. The van der Waals surface area contributed by atoms with Gasteiger partial charge in [-0.2, -0.15) is 5.10 Å². The number of fused-ring (bicyclic) bond motifs is 1. The van der Waals surface area contributed by atoms with E-state index in [1.54, 1.807) is 0 Å². The Balaban J connectivity index is 1.59. The van der Waals surface area contributed by atoms with Crippen molar-refractivity contribution in [2.45, 2.75) is 51.3 Å². The summed E-state index contributed by atoms with van der Waals surface area (Å²) in [6.07, 6.45) is 5.42. The Hall–Kier alpha value is -1.36. The van der Waals surface area contributed by atoms with Gasteiger partial charge in [0.15, 0.2) is 0 Å². The summed E-state index contributed by atoms with van der Waals surface area (Å²) in [5.74, 6) is 0. The molecule has 4 nitrogen and oxygen atoms in total. The first-order valence-corrected chi connectivity index (χ1v) is 9.27. The third-order valence-electron chi connectivity index (χ3n) is 5.33. The lowest BCUT2D eigenvalue weighted by atomic mass is 9.90. The van der Waals surface area contributed by atoms with E-state index in [1.807, 2.05) is 35.0 Å². The molecule has 0 bridgehead atoms. The zero-order valence-electron chi connectivity index (χ0n) is 14.1. The molecule has 1 aliphatic heterocycles. The van der Waals surface area contributed by atoms with E-state index >= 15 is 0 Å². The van der Waals surface area contributed by atoms with Crippen LogP contribution in [0.15, 0.2) is 30.3 Å². The first-order valence-electron chi connectivity index (χ1n) is 8.89. The van der Waals surface area contributed by atoms with Crippen LogP contribution in [0, 0.1) is 6.92 Å². The second-order valence-electron chi connectivity index (χ2n) is 6.83. The Kier molecular flexibility index (Phi) is 4.61. The van der Waals surface area contributed by atoms with Crippen LogP contribution in [0.25, 0.3) is 5.69 Å². The Morgan fingerprint density at radius 2 is 2.00 bits per heavy atom. The van der Waals surface area contributed by atoms with Gasteiger partial charge >= 0.3 is 0 Å². The molecule has 2 aliphatic rings.